The highest BCUT2D eigenvalue weighted by molar-refractivity contribution is 5.97. The smallest absolute Gasteiger partial charge is 0.239 e. The van der Waals surface area contributed by atoms with E-state index < -0.39 is 0 Å². The minimum Gasteiger partial charge on any atom is -0.337 e. The molecule has 0 aliphatic carbocycles. The first-order valence-corrected chi connectivity index (χ1v) is 10.1. The third-order valence-electron chi connectivity index (χ3n) is 5.04. The van der Waals surface area contributed by atoms with Gasteiger partial charge in [-0.15, -0.1) is 0 Å². The summed E-state index contributed by atoms with van der Waals surface area (Å²) in [5.41, 5.74) is 4.74. The van der Waals surface area contributed by atoms with Gasteiger partial charge in [-0.25, -0.2) is 4.39 Å². The van der Waals surface area contributed by atoms with Gasteiger partial charge in [0.2, 0.25) is 11.8 Å². The number of hydrogen-bond acceptors (Lipinski definition) is 4. The van der Waals surface area contributed by atoms with Crippen molar-refractivity contribution in [3.63, 3.8) is 0 Å². The molecule has 0 bridgehead atoms. The fourth-order valence-electron chi connectivity index (χ4n) is 3.34. The average Bonchev–Trinajstić information content (AvgIpc) is 3.18. The quantitative estimate of drug-likeness (QED) is 0.429. The lowest BCUT2D eigenvalue weighted by atomic mass is 10.0. The molecule has 2 aromatic heterocycles. The summed E-state index contributed by atoms with van der Waals surface area (Å²) >= 11 is 0. The maximum Gasteiger partial charge on any atom is 0.239 e. The lowest BCUT2D eigenvalue weighted by molar-refractivity contribution is -0.115. The van der Waals surface area contributed by atoms with Gasteiger partial charge in [-0.2, -0.15) is 0 Å². The summed E-state index contributed by atoms with van der Waals surface area (Å²) in [6, 6.07) is 17.6. The molecule has 4 rings (SSSR count). The first kappa shape index (κ1) is 20.5. The van der Waals surface area contributed by atoms with Gasteiger partial charge >= 0.3 is 0 Å². The number of hydrogen-bond donors (Lipinski definition) is 1. The van der Waals surface area contributed by atoms with Gasteiger partial charge in [0, 0.05) is 18.0 Å². The van der Waals surface area contributed by atoms with Gasteiger partial charge < -0.3 is 4.52 Å². The third-order valence-corrected chi connectivity index (χ3v) is 5.04. The van der Waals surface area contributed by atoms with Crippen molar-refractivity contribution >= 4 is 11.8 Å². The van der Waals surface area contributed by atoms with Gasteiger partial charge in [0.1, 0.15) is 11.5 Å². The summed E-state index contributed by atoms with van der Waals surface area (Å²) in [7, 11) is 0. The van der Waals surface area contributed by atoms with Crippen LogP contribution in [0, 0.1) is 5.82 Å². The lowest BCUT2D eigenvalue weighted by Gasteiger charge is -2.08. The molecular formula is C25H22FN3O2. The van der Waals surface area contributed by atoms with E-state index in [2.05, 4.69) is 29.3 Å². The average molecular weight is 415 g/mol. The van der Waals surface area contributed by atoms with Gasteiger partial charge in [-0.1, -0.05) is 43.3 Å². The van der Waals surface area contributed by atoms with E-state index in [-0.39, 0.29) is 24.0 Å². The maximum absolute atomic E-state index is 13.4. The number of carbonyl (C=O) groups is 1. The Balaban J connectivity index is 1.62. The Morgan fingerprint density at radius 1 is 0.968 bits per heavy atom. The molecule has 0 saturated heterocycles. The second-order valence-electron chi connectivity index (χ2n) is 7.60. The number of nitrogens with zero attached hydrogens (tertiary/aromatic N) is 2. The first-order valence-electron chi connectivity index (χ1n) is 10.1. The molecule has 1 N–H and O–H groups in total. The Morgan fingerprint density at radius 2 is 1.65 bits per heavy atom. The molecular weight excluding hydrogens is 393 g/mol. The summed E-state index contributed by atoms with van der Waals surface area (Å²) in [6.07, 6.45) is 3.51. The van der Waals surface area contributed by atoms with Gasteiger partial charge in [-0.05, 0) is 59.0 Å². The molecule has 31 heavy (non-hydrogen) atoms. The van der Waals surface area contributed by atoms with E-state index in [0.717, 1.165) is 11.1 Å². The maximum atomic E-state index is 13.4. The first-order chi connectivity index (χ1) is 15.0. The molecule has 2 heterocycles. The molecule has 0 radical (unpaired) electrons. The number of benzene rings is 2. The summed E-state index contributed by atoms with van der Waals surface area (Å²) in [6.45, 7) is 4.26. The van der Waals surface area contributed by atoms with E-state index in [4.69, 9.17) is 4.52 Å². The molecule has 0 fully saturated rings. The van der Waals surface area contributed by atoms with Crippen LogP contribution in [0.25, 0.3) is 22.4 Å². The van der Waals surface area contributed by atoms with Gasteiger partial charge in [0.05, 0.1) is 12.0 Å². The summed E-state index contributed by atoms with van der Waals surface area (Å²) in [5.74, 6) is 0.128. The van der Waals surface area contributed by atoms with Crippen molar-refractivity contribution in [3.8, 4) is 22.4 Å². The predicted molar refractivity (Wildman–Crippen MR) is 118 cm³/mol. The van der Waals surface area contributed by atoms with E-state index in [1.807, 2.05) is 24.3 Å². The van der Waals surface area contributed by atoms with E-state index in [1.165, 1.54) is 17.7 Å². The van der Waals surface area contributed by atoms with Crippen LogP contribution < -0.4 is 5.32 Å². The normalized spacial score (nSPS) is 11.0. The standard InChI is InChI=1S/C25H22FN3O2/c1-16(2)18-5-3-17(4-6-18)15-22(30)28-25-23(19-11-13-27-14-12-19)24(29-31-25)20-7-9-21(26)10-8-20/h3-14,16H,15H2,1-2H3,(H,28,30). The number of aromatic nitrogens is 2. The highest BCUT2D eigenvalue weighted by Gasteiger charge is 2.21. The van der Waals surface area contributed by atoms with Crippen molar-refractivity contribution < 1.29 is 13.7 Å². The predicted octanol–water partition coefficient (Wildman–Crippen LogP) is 5.85. The molecule has 6 heteroatoms. The van der Waals surface area contributed by atoms with E-state index in [9.17, 15) is 9.18 Å². The Kier molecular flexibility index (Phi) is 5.89. The van der Waals surface area contributed by atoms with Crippen molar-refractivity contribution in [2.45, 2.75) is 26.2 Å². The van der Waals surface area contributed by atoms with Crippen LogP contribution in [0.3, 0.4) is 0 Å². The SMILES string of the molecule is CC(C)c1ccc(CC(=O)Nc2onc(-c3ccc(F)cc3)c2-c2ccncc2)cc1. The highest BCUT2D eigenvalue weighted by Crippen LogP contribution is 2.37. The summed E-state index contributed by atoms with van der Waals surface area (Å²) < 4.78 is 18.9. The van der Waals surface area contributed by atoms with Crippen LogP contribution in [0.2, 0.25) is 0 Å². The lowest BCUT2D eigenvalue weighted by Crippen LogP contribution is -2.14. The number of anilines is 1. The van der Waals surface area contributed by atoms with Gasteiger partial charge in [0.25, 0.3) is 0 Å². The molecule has 5 nitrogen and oxygen atoms in total. The van der Waals surface area contributed by atoms with E-state index >= 15 is 0 Å². The molecule has 1 amide bonds. The molecule has 156 valence electrons. The number of halogens is 1. The zero-order valence-corrected chi connectivity index (χ0v) is 17.3. The van der Waals surface area contributed by atoms with Crippen molar-refractivity contribution in [1.29, 1.82) is 0 Å². The van der Waals surface area contributed by atoms with Crippen LogP contribution in [0.15, 0.2) is 77.6 Å². The number of nitrogens with one attached hydrogen (secondary N) is 1. The van der Waals surface area contributed by atoms with Gasteiger partial charge in [0.15, 0.2) is 0 Å². The Bertz CT molecular complexity index is 1170. The van der Waals surface area contributed by atoms with Crippen molar-refractivity contribution in [1.82, 2.24) is 10.1 Å². The Labute approximate surface area is 179 Å². The van der Waals surface area contributed by atoms with Crippen molar-refractivity contribution in [2.24, 2.45) is 0 Å². The van der Waals surface area contributed by atoms with Crippen molar-refractivity contribution in [2.75, 3.05) is 5.32 Å². The summed E-state index contributed by atoms with van der Waals surface area (Å²) in [4.78, 5) is 16.8. The fourth-order valence-corrected chi connectivity index (χ4v) is 3.34. The topological polar surface area (TPSA) is 68.0 Å². The van der Waals surface area contributed by atoms with Crippen molar-refractivity contribution in [3.05, 3.63) is 90.0 Å². The zero-order valence-electron chi connectivity index (χ0n) is 17.3. The fraction of sp³-hybridized carbons (Fsp3) is 0.160. The largest absolute Gasteiger partial charge is 0.337 e. The second-order valence-corrected chi connectivity index (χ2v) is 7.60. The molecule has 0 atom stereocenters. The molecule has 0 aliphatic rings. The van der Waals surface area contributed by atoms with Gasteiger partial charge in [-0.3, -0.25) is 15.1 Å². The summed E-state index contributed by atoms with van der Waals surface area (Å²) in [5, 5.41) is 6.98. The van der Waals surface area contributed by atoms with Crippen LogP contribution in [-0.2, 0) is 11.2 Å². The van der Waals surface area contributed by atoms with E-state index in [1.54, 1.807) is 36.7 Å². The van der Waals surface area contributed by atoms with Crippen LogP contribution >= 0.6 is 0 Å². The van der Waals surface area contributed by atoms with Crippen LogP contribution in [0.5, 0.6) is 0 Å². The second kappa shape index (κ2) is 8.92. The monoisotopic (exact) mass is 415 g/mol. The number of rotatable bonds is 6. The number of amides is 1. The number of carbonyl (C=O) groups excluding carboxylic acids is 1. The van der Waals surface area contributed by atoms with Crippen LogP contribution in [0.1, 0.15) is 30.9 Å². The minimum absolute atomic E-state index is 0.209. The molecule has 0 unspecified atom stereocenters. The molecule has 0 spiro atoms. The molecule has 0 saturated carbocycles. The molecule has 0 aliphatic heterocycles. The third kappa shape index (κ3) is 4.69. The Hall–Kier alpha value is -3.80. The molecule has 2 aromatic carbocycles. The highest BCUT2D eigenvalue weighted by atomic mass is 19.1. The zero-order chi connectivity index (χ0) is 21.8. The van der Waals surface area contributed by atoms with Crippen LogP contribution in [-0.4, -0.2) is 16.0 Å². The van der Waals surface area contributed by atoms with Crippen LogP contribution in [0.4, 0.5) is 10.3 Å². The molecule has 4 aromatic rings. The minimum atomic E-state index is -0.338. The van der Waals surface area contributed by atoms with E-state index in [0.29, 0.717) is 22.7 Å². The number of pyridine rings is 1. The Morgan fingerprint density at radius 3 is 2.29 bits per heavy atom.